The molecule has 1 aromatic carbocycles. The third-order valence-electron chi connectivity index (χ3n) is 6.00. The molecule has 0 spiro atoms. The highest BCUT2D eigenvalue weighted by Gasteiger charge is 2.29. The van der Waals surface area contributed by atoms with Gasteiger partial charge in [0.05, 0.1) is 24.3 Å². The maximum absolute atomic E-state index is 9.69. The van der Waals surface area contributed by atoms with Gasteiger partial charge in [0.25, 0.3) is 0 Å². The van der Waals surface area contributed by atoms with E-state index in [1.807, 2.05) is 31.2 Å². The predicted octanol–water partition coefficient (Wildman–Crippen LogP) is 2.81. The molecule has 0 unspecified atom stereocenters. The van der Waals surface area contributed by atoms with Crippen LogP contribution in [0.25, 0.3) is 22.6 Å². The monoisotopic (exact) mass is 439 g/mol. The van der Waals surface area contributed by atoms with Gasteiger partial charge in [-0.2, -0.15) is 5.26 Å². The highest BCUT2D eigenvalue weighted by molar-refractivity contribution is 5.88. The Bertz CT molecular complexity index is 1120. The summed E-state index contributed by atoms with van der Waals surface area (Å²) in [6, 6.07) is 10.1. The van der Waals surface area contributed by atoms with Crippen molar-refractivity contribution in [2.45, 2.75) is 19.4 Å². The molecule has 2 saturated heterocycles. The number of likely N-dealkylation sites (N-methyl/N-ethyl adjacent to an activating group) is 1. The molecular formula is C22H26ClN7O. The minimum atomic E-state index is 0. The van der Waals surface area contributed by atoms with Gasteiger partial charge in [-0.25, -0.2) is 15.0 Å². The summed E-state index contributed by atoms with van der Waals surface area (Å²) in [5.74, 6) is 2.39. The van der Waals surface area contributed by atoms with E-state index in [-0.39, 0.29) is 18.4 Å². The van der Waals surface area contributed by atoms with Crippen LogP contribution in [0, 0.1) is 18.3 Å². The molecule has 2 fully saturated rings. The predicted molar refractivity (Wildman–Crippen MR) is 122 cm³/mol. The Hall–Kier alpha value is -2.73. The van der Waals surface area contributed by atoms with Crippen molar-refractivity contribution in [3.63, 3.8) is 0 Å². The van der Waals surface area contributed by atoms with Crippen molar-refractivity contribution in [1.29, 1.82) is 5.26 Å². The van der Waals surface area contributed by atoms with Crippen LogP contribution in [0.2, 0.25) is 0 Å². The zero-order valence-electron chi connectivity index (χ0n) is 17.8. The van der Waals surface area contributed by atoms with E-state index in [1.54, 1.807) is 0 Å². The Morgan fingerprint density at radius 1 is 1.10 bits per heavy atom. The molecule has 8 nitrogen and oxygen atoms in total. The number of piperazine rings is 1. The second-order valence-corrected chi connectivity index (χ2v) is 8.04. The number of nitrogens with zero attached hydrogens (tertiary/aromatic N) is 7. The largest absolute Gasteiger partial charge is 0.379 e. The first kappa shape index (κ1) is 21.5. The maximum Gasteiger partial charge on any atom is 0.166 e. The number of fused-ring (bicyclic) bond motifs is 1. The van der Waals surface area contributed by atoms with Crippen molar-refractivity contribution >= 4 is 29.4 Å². The molecule has 2 aromatic heterocycles. The molecule has 9 heteroatoms. The third-order valence-corrected chi connectivity index (χ3v) is 6.00. The number of imidazole rings is 1. The van der Waals surface area contributed by atoms with Crippen molar-refractivity contribution in [2.24, 2.45) is 0 Å². The van der Waals surface area contributed by atoms with Gasteiger partial charge in [-0.05, 0) is 32.5 Å². The zero-order chi connectivity index (χ0) is 20.7. The van der Waals surface area contributed by atoms with E-state index in [4.69, 9.17) is 19.7 Å². The second kappa shape index (κ2) is 8.79. The van der Waals surface area contributed by atoms with Crippen LogP contribution in [-0.4, -0.2) is 70.9 Å². The van der Waals surface area contributed by atoms with Gasteiger partial charge in [0.2, 0.25) is 0 Å². The Labute approximate surface area is 187 Å². The highest BCUT2D eigenvalue weighted by atomic mass is 35.5. The quantitative estimate of drug-likeness (QED) is 0.620. The SMILES string of the molecule is Cc1nc(N2CCN(C)CC2)c2nc(-c3ccccc3C#N)n([C@@H]3CCOC3)c2n1.Cl. The average molecular weight is 440 g/mol. The topological polar surface area (TPSA) is 83.1 Å². The number of hydrogen-bond acceptors (Lipinski definition) is 7. The van der Waals surface area contributed by atoms with Gasteiger partial charge in [-0.3, -0.25) is 0 Å². The molecule has 0 aliphatic carbocycles. The van der Waals surface area contributed by atoms with Crippen LogP contribution in [0.4, 0.5) is 5.82 Å². The smallest absolute Gasteiger partial charge is 0.166 e. The van der Waals surface area contributed by atoms with E-state index in [9.17, 15) is 5.26 Å². The number of rotatable bonds is 3. The fraction of sp³-hybridized carbons (Fsp3) is 0.455. The van der Waals surface area contributed by atoms with E-state index in [0.717, 1.165) is 73.4 Å². The van der Waals surface area contributed by atoms with Gasteiger partial charge < -0.3 is 19.1 Å². The first-order chi connectivity index (χ1) is 14.7. The molecule has 2 aliphatic rings. The Morgan fingerprint density at radius 3 is 2.58 bits per heavy atom. The van der Waals surface area contributed by atoms with Crippen molar-refractivity contribution < 1.29 is 4.74 Å². The molecule has 162 valence electrons. The summed E-state index contributed by atoms with van der Waals surface area (Å²) in [5.41, 5.74) is 3.07. The molecule has 2 aliphatic heterocycles. The van der Waals surface area contributed by atoms with E-state index in [1.165, 1.54) is 0 Å². The number of nitriles is 1. The number of halogens is 1. The fourth-order valence-electron chi connectivity index (χ4n) is 4.34. The van der Waals surface area contributed by atoms with Crippen LogP contribution in [0.1, 0.15) is 23.9 Å². The molecule has 0 radical (unpaired) electrons. The van der Waals surface area contributed by atoms with Crippen LogP contribution >= 0.6 is 12.4 Å². The maximum atomic E-state index is 9.69. The van der Waals surface area contributed by atoms with Crippen molar-refractivity contribution in [1.82, 2.24) is 24.4 Å². The minimum Gasteiger partial charge on any atom is -0.379 e. The van der Waals surface area contributed by atoms with Crippen LogP contribution < -0.4 is 4.90 Å². The first-order valence-corrected chi connectivity index (χ1v) is 10.4. The number of hydrogen-bond donors (Lipinski definition) is 0. The van der Waals surface area contributed by atoms with Crippen LogP contribution in [-0.2, 0) is 4.74 Å². The number of aromatic nitrogens is 4. The molecule has 0 bridgehead atoms. The lowest BCUT2D eigenvalue weighted by Gasteiger charge is -2.33. The van der Waals surface area contributed by atoms with Gasteiger partial charge in [0, 0.05) is 38.3 Å². The van der Waals surface area contributed by atoms with Gasteiger partial charge in [0.15, 0.2) is 17.0 Å². The van der Waals surface area contributed by atoms with Gasteiger partial charge in [0.1, 0.15) is 11.6 Å². The lowest BCUT2D eigenvalue weighted by Crippen LogP contribution is -2.45. The van der Waals surface area contributed by atoms with E-state index >= 15 is 0 Å². The van der Waals surface area contributed by atoms with Crippen molar-refractivity contribution in [3.05, 3.63) is 35.7 Å². The summed E-state index contributed by atoms with van der Waals surface area (Å²) in [5, 5.41) is 9.69. The van der Waals surface area contributed by atoms with E-state index in [2.05, 4.69) is 27.5 Å². The molecule has 31 heavy (non-hydrogen) atoms. The van der Waals surface area contributed by atoms with E-state index < -0.39 is 0 Å². The summed E-state index contributed by atoms with van der Waals surface area (Å²) in [6.45, 7) is 7.08. The van der Waals surface area contributed by atoms with Crippen molar-refractivity contribution in [3.8, 4) is 17.5 Å². The lowest BCUT2D eigenvalue weighted by molar-refractivity contribution is 0.187. The zero-order valence-corrected chi connectivity index (χ0v) is 18.6. The van der Waals surface area contributed by atoms with Crippen molar-refractivity contribution in [2.75, 3.05) is 51.3 Å². The number of ether oxygens (including phenoxy) is 1. The third kappa shape index (κ3) is 3.85. The summed E-state index contributed by atoms with van der Waals surface area (Å²) < 4.78 is 7.87. The summed E-state index contributed by atoms with van der Waals surface area (Å²) in [7, 11) is 2.14. The summed E-state index contributed by atoms with van der Waals surface area (Å²) >= 11 is 0. The molecule has 4 heterocycles. The number of aryl methyl sites for hydroxylation is 1. The summed E-state index contributed by atoms with van der Waals surface area (Å²) in [4.78, 5) is 19.3. The normalized spacial score (nSPS) is 19.4. The molecule has 3 aromatic rings. The number of benzene rings is 1. The average Bonchev–Trinajstić information content (AvgIpc) is 3.41. The molecule has 0 amide bonds. The standard InChI is InChI=1S/C22H25N7O.ClH/c1-15-24-21(28-10-8-27(2)9-11-28)19-22(25-15)29(17-7-12-30-14-17)20(26-19)18-6-4-3-5-16(18)13-23;/h3-6,17H,7-12,14H2,1-2H3;1H/t17-;/m1./s1. The van der Waals surface area contributed by atoms with E-state index in [0.29, 0.717) is 12.2 Å². The molecule has 0 saturated carbocycles. The first-order valence-electron chi connectivity index (χ1n) is 10.4. The van der Waals surface area contributed by atoms with Crippen LogP contribution in [0.5, 0.6) is 0 Å². The lowest BCUT2D eigenvalue weighted by atomic mass is 10.1. The van der Waals surface area contributed by atoms with Crippen LogP contribution in [0.3, 0.4) is 0 Å². The second-order valence-electron chi connectivity index (χ2n) is 8.04. The van der Waals surface area contributed by atoms with Gasteiger partial charge in [-0.15, -0.1) is 12.4 Å². The van der Waals surface area contributed by atoms with Gasteiger partial charge in [-0.1, -0.05) is 12.1 Å². The Morgan fingerprint density at radius 2 is 1.87 bits per heavy atom. The molecule has 0 N–H and O–H groups in total. The molecular weight excluding hydrogens is 414 g/mol. The highest BCUT2D eigenvalue weighted by Crippen LogP contribution is 2.35. The number of anilines is 1. The minimum absolute atomic E-state index is 0. The van der Waals surface area contributed by atoms with Crippen LogP contribution in [0.15, 0.2) is 24.3 Å². The summed E-state index contributed by atoms with van der Waals surface area (Å²) in [6.07, 6.45) is 0.903. The van der Waals surface area contributed by atoms with Gasteiger partial charge >= 0.3 is 0 Å². The fourth-order valence-corrected chi connectivity index (χ4v) is 4.34. The molecule has 5 rings (SSSR count). The Balaban J connectivity index is 0.00000231. The Kier molecular flexibility index (Phi) is 6.10. The molecule has 1 atom stereocenters.